The molecule has 30 heavy (non-hydrogen) atoms. The molecule has 0 aliphatic heterocycles. The molecule has 0 aromatic heterocycles. The molecule has 3 aliphatic carbocycles. The number of fused-ring (bicyclic) bond motifs is 2. The number of halogens is 5. The molecule has 10 heteroatoms. The van der Waals surface area contributed by atoms with E-state index in [2.05, 4.69) is 9.58 Å². The number of alkyl halides is 3. The quantitative estimate of drug-likeness (QED) is 0.269. The van der Waals surface area contributed by atoms with Gasteiger partial charge in [-0.05, 0) is 37.8 Å². The Morgan fingerprint density at radius 3 is 2.33 bits per heavy atom. The number of carbonyl (C=O) groups is 1. The number of esters is 1. The predicted molar refractivity (Wildman–Crippen MR) is 92.9 cm³/mol. The maximum atomic E-state index is 14.7. The van der Waals surface area contributed by atoms with E-state index >= 15 is 0 Å². The number of carbonyl (C=O) groups excluding carboxylic acids is 1. The van der Waals surface area contributed by atoms with Crippen LogP contribution in [0.5, 0.6) is 11.5 Å². The summed E-state index contributed by atoms with van der Waals surface area (Å²) in [6.45, 7) is 7.05. The summed E-state index contributed by atoms with van der Waals surface area (Å²) in [7, 11) is 0. The van der Waals surface area contributed by atoms with Crippen LogP contribution in [0.1, 0.15) is 38.2 Å². The van der Waals surface area contributed by atoms with E-state index in [-0.39, 0.29) is 25.7 Å². The number of hydrogen-bond acceptors (Lipinski definition) is 4. The van der Waals surface area contributed by atoms with Crippen LogP contribution in [0.4, 0.5) is 27.6 Å². The first-order valence-electron chi connectivity index (χ1n) is 8.90. The molecule has 1 saturated carbocycles. The number of nitrogens with zero attached hydrogens (tertiary/aromatic N) is 2. The molecular formula is C20H15F5N2O3. The number of allylic oxidation sites excluding steroid dienone is 1. The van der Waals surface area contributed by atoms with E-state index in [0.717, 1.165) is 12.1 Å². The smallest absolute Gasteiger partial charge is 0.422 e. The Morgan fingerprint density at radius 2 is 1.80 bits per heavy atom. The maximum absolute atomic E-state index is 14.7. The van der Waals surface area contributed by atoms with E-state index in [1.807, 2.05) is 0 Å². The zero-order valence-electron chi connectivity index (χ0n) is 15.7. The third-order valence-electron chi connectivity index (χ3n) is 5.66. The largest absolute Gasteiger partial charge is 0.495 e. The summed E-state index contributed by atoms with van der Waals surface area (Å²) in [6.07, 6.45) is -4.15. The molecule has 158 valence electrons. The van der Waals surface area contributed by atoms with E-state index in [1.165, 1.54) is 0 Å². The highest BCUT2D eigenvalue weighted by Crippen LogP contribution is 2.60. The van der Waals surface area contributed by atoms with Gasteiger partial charge in [0.05, 0.1) is 12.6 Å². The van der Waals surface area contributed by atoms with E-state index in [9.17, 15) is 32.0 Å². The van der Waals surface area contributed by atoms with Crippen molar-refractivity contribution in [3.05, 3.63) is 40.8 Å². The summed E-state index contributed by atoms with van der Waals surface area (Å²) >= 11 is 0. The van der Waals surface area contributed by atoms with Crippen molar-refractivity contribution >= 4 is 11.7 Å². The minimum Gasteiger partial charge on any atom is -0.495 e. The van der Waals surface area contributed by atoms with E-state index in [4.69, 9.17) is 11.3 Å². The first-order valence-corrected chi connectivity index (χ1v) is 8.90. The monoisotopic (exact) mass is 426 g/mol. The Bertz CT molecular complexity index is 1010. The first kappa shape index (κ1) is 21.6. The average molecular weight is 426 g/mol. The Balaban J connectivity index is 1.93. The lowest BCUT2D eigenvalue weighted by atomic mass is 9.57. The zero-order chi connectivity index (χ0) is 22.3. The van der Waals surface area contributed by atoms with E-state index < -0.39 is 64.0 Å². The summed E-state index contributed by atoms with van der Waals surface area (Å²) in [5.41, 5.74) is -3.89. The first-order chi connectivity index (χ1) is 14.0. The van der Waals surface area contributed by atoms with Crippen molar-refractivity contribution < 1.29 is 36.2 Å². The molecule has 5 nitrogen and oxygen atoms in total. The highest BCUT2D eigenvalue weighted by molar-refractivity contribution is 5.85. The fourth-order valence-corrected chi connectivity index (χ4v) is 3.77. The predicted octanol–water partition coefficient (Wildman–Crippen LogP) is 5.69. The molecule has 1 fully saturated rings. The highest BCUT2D eigenvalue weighted by Gasteiger charge is 2.58. The average Bonchev–Trinajstić information content (AvgIpc) is 2.70. The van der Waals surface area contributed by atoms with Gasteiger partial charge in [0.25, 0.3) is 0 Å². The number of nitriles is 1. The van der Waals surface area contributed by atoms with Crippen LogP contribution in [-0.4, -0.2) is 18.8 Å². The Kier molecular flexibility index (Phi) is 5.23. The lowest BCUT2D eigenvalue weighted by Crippen LogP contribution is -2.47. The number of benzene rings is 1. The van der Waals surface area contributed by atoms with Gasteiger partial charge < -0.3 is 9.47 Å². The molecule has 0 amide bonds. The van der Waals surface area contributed by atoms with Crippen molar-refractivity contribution in [1.29, 1.82) is 5.26 Å². The molecule has 1 aromatic rings. The summed E-state index contributed by atoms with van der Waals surface area (Å²) in [5, 5.41) is 9.36. The number of hydrogen-bond donors (Lipinski definition) is 0. The van der Waals surface area contributed by atoms with Gasteiger partial charge in [0, 0.05) is 5.41 Å². The Morgan fingerprint density at radius 1 is 1.20 bits per heavy atom. The minimum absolute atomic E-state index is 0.0198. The Labute approximate surface area is 168 Å². The van der Waals surface area contributed by atoms with Crippen LogP contribution in [-0.2, 0) is 4.79 Å². The molecule has 0 spiro atoms. The summed E-state index contributed by atoms with van der Waals surface area (Å²) in [4.78, 5) is 15.8. The van der Waals surface area contributed by atoms with Gasteiger partial charge in [-0.1, -0.05) is 6.92 Å². The van der Waals surface area contributed by atoms with Gasteiger partial charge in [-0.2, -0.15) is 18.4 Å². The van der Waals surface area contributed by atoms with Crippen LogP contribution < -0.4 is 9.47 Å². The third-order valence-corrected chi connectivity index (χ3v) is 5.66. The molecule has 1 aromatic carbocycles. The second-order valence-corrected chi connectivity index (χ2v) is 7.57. The van der Waals surface area contributed by atoms with Gasteiger partial charge in [-0.15, -0.1) is 0 Å². The fourth-order valence-electron chi connectivity index (χ4n) is 3.77. The number of ether oxygens (including phenoxy) is 2. The molecular weight excluding hydrogens is 411 g/mol. The van der Waals surface area contributed by atoms with Crippen LogP contribution in [0.15, 0.2) is 23.8 Å². The van der Waals surface area contributed by atoms with Crippen LogP contribution in [0, 0.1) is 28.7 Å². The Hall–Kier alpha value is -3.14. The highest BCUT2D eigenvalue weighted by atomic mass is 19.4. The molecule has 0 heterocycles. The van der Waals surface area contributed by atoms with Crippen molar-refractivity contribution in [3.8, 4) is 17.6 Å². The normalized spacial score (nSPS) is 25.5. The summed E-state index contributed by atoms with van der Waals surface area (Å²) < 4.78 is 76.0. The van der Waals surface area contributed by atoms with Gasteiger partial charge in [-0.3, -0.25) is 4.79 Å². The molecule has 0 saturated heterocycles. The van der Waals surface area contributed by atoms with Crippen LogP contribution in [0.2, 0.25) is 0 Å². The van der Waals surface area contributed by atoms with E-state index in [1.54, 1.807) is 13.0 Å². The van der Waals surface area contributed by atoms with Crippen molar-refractivity contribution in [3.63, 3.8) is 0 Å². The molecule has 0 N–H and O–H groups in total. The lowest BCUT2D eigenvalue weighted by molar-refractivity contribution is -0.153. The topological polar surface area (TPSA) is 63.7 Å². The third kappa shape index (κ3) is 3.47. The van der Waals surface area contributed by atoms with Crippen LogP contribution >= 0.6 is 0 Å². The van der Waals surface area contributed by atoms with Crippen LogP contribution in [0.25, 0.3) is 4.85 Å². The summed E-state index contributed by atoms with van der Waals surface area (Å²) in [6, 6.07) is 3.53. The second kappa shape index (κ2) is 7.28. The van der Waals surface area contributed by atoms with E-state index in [0.29, 0.717) is 0 Å². The SMILES string of the molecule is [C-]#[N+]c1c(OCC(F)(F)F)ccc(OC(=O)C23CCC(C)(CC2)C(F)=C3F)c1C#N. The van der Waals surface area contributed by atoms with Gasteiger partial charge in [0.15, 0.2) is 6.61 Å². The van der Waals surface area contributed by atoms with Crippen molar-refractivity contribution in [2.45, 2.75) is 38.8 Å². The molecule has 2 bridgehead atoms. The molecule has 0 radical (unpaired) electrons. The van der Waals surface area contributed by atoms with Crippen molar-refractivity contribution in [2.24, 2.45) is 10.8 Å². The minimum atomic E-state index is -4.67. The zero-order valence-corrected chi connectivity index (χ0v) is 15.7. The van der Waals surface area contributed by atoms with Gasteiger partial charge >= 0.3 is 12.1 Å². The van der Waals surface area contributed by atoms with Gasteiger partial charge in [0.1, 0.15) is 34.1 Å². The number of rotatable bonds is 4. The fraction of sp³-hybridized carbons (Fsp3) is 0.450. The van der Waals surface area contributed by atoms with Crippen molar-refractivity contribution in [2.75, 3.05) is 6.61 Å². The van der Waals surface area contributed by atoms with Crippen LogP contribution in [0.3, 0.4) is 0 Å². The standard InChI is InChI=1S/C20H15F5N2O3/c1-18-5-7-19(8-6-18,16(22)15(18)21)17(28)30-12-3-4-13(29-10-20(23,24)25)14(27-2)11(12)9-26/h3-4H,5-8,10H2,1H3. The maximum Gasteiger partial charge on any atom is 0.422 e. The summed E-state index contributed by atoms with van der Waals surface area (Å²) in [5.74, 6) is -4.25. The van der Waals surface area contributed by atoms with Gasteiger partial charge in [0.2, 0.25) is 5.69 Å². The van der Waals surface area contributed by atoms with Gasteiger partial charge in [-0.25, -0.2) is 13.6 Å². The molecule has 0 atom stereocenters. The van der Waals surface area contributed by atoms with Crippen molar-refractivity contribution in [1.82, 2.24) is 0 Å². The lowest BCUT2D eigenvalue weighted by Gasteiger charge is -2.47. The molecule has 3 aliphatic rings. The second-order valence-electron chi connectivity index (χ2n) is 7.57. The molecule has 4 rings (SSSR count). The molecule has 0 unspecified atom stereocenters.